The summed E-state index contributed by atoms with van der Waals surface area (Å²) in [5.74, 6) is 1.97. The van der Waals surface area contributed by atoms with Crippen molar-refractivity contribution in [3.05, 3.63) is 46.3 Å². The number of hydrogen-bond donors (Lipinski definition) is 1. The third-order valence-electron chi connectivity index (χ3n) is 2.63. The molecule has 1 heterocycles. The fraction of sp³-hybridized carbons (Fsp3) is 0.200. The highest BCUT2D eigenvalue weighted by Gasteiger charge is 2.07. The van der Waals surface area contributed by atoms with E-state index in [2.05, 4.69) is 26.5 Å². The highest BCUT2D eigenvalue weighted by Crippen LogP contribution is 2.29. The van der Waals surface area contributed by atoms with Gasteiger partial charge in [0.2, 0.25) is 0 Å². The molecule has 7 heteroatoms. The Morgan fingerprint density at radius 3 is 2.86 bits per heavy atom. The maximum atomic E-state index is 11.6. The molecule has 0 aliphatic rings. The molecule has 2 rings (SSSR count). The molecular formula is C15H15BrN2O4. The molecule has 0 atom stereocenters. The average Bonchev–Trinajstić information content (AvgIpc) is 2.91. The molecule has 116 valence electrons. The number of carbonyl (C=O) groups is 1. The van der Waals surface area contributed by atoms with Crippen molar-refractivity contribution in [2.45, 2.75) is 6.92 Å². The zero-order valence-corrected chi connectivity index (χ0v) is 13.7. The summed E-state index contributed by atoms with van der Waals surface area (Å²) in [6.07, 6.45) is 1.42. The third kappa shape index (κ3) is 4.63. The van der Waals surface area contributed by atoms with E-state index in [0.717, 1.165) is 10.2 Å². The van der Waals surface area contributed by atoms with Gasteiger partial charge in [0.05, 0.1) is 13.3 Å². The molecule has 0 saturated carbocycles. The van der Waals surface area contributed by atoms with Gasteiger partial charge in [-0.2, -0.15) is 5.10 Å². The number of halogens is 1. The second-order valence-electron chi connectivity index (χ2n) is 4.33. The molecule has 1 aromatic heterocycles. The van der Waals surface area contributed by atoms with Gasteiger partial charge in [-0.15, -0.1) is 0 Å². The molecule has 1 N–H and O–H groups in total. The van der Waals surface area contributed by atoms with Crippen LogP contribution in [0.4, 0.5) is 0 Å². The molecule has 2 aromatic rings. The normalized spacial score (nSPS) is 10.7. The van der Waals surface area contributed by atoms with Gasteiger partial charge in [-0.3, -0.25) is 4.79 Å². The van der Waals surface area contributed by atoms with Crippen LogP contribution in [-0.4, -0.2) is 25.8 Å². The van der Waals surface area contributed by atoms with Crippen molar-refractivity contribution in [2.75, 3.05) is 13.7 Å². The fourth-order valence-corrected chi connectivity index (χ4v) is 1.97. The minimum absolute atomic E-state index is 0.174. The Balaban J connectivity index is 1.84. The van der Waals surface area contributed by atoms with E-state index in [4.69, 9.17) is 13.9 Å². The largest absolute Gasteiger partial charge is 0.493 e. The summed E-state index contributed by atoms with van der Waals surface area (Å²) in [7, 11) is 1.53. The summed E-state index contributed by atoms with van der Waals surface area (Å²) in [5.41, 5.74) is 2.35. The first-order chi connectivity index (χ1) is 10.6. The van der Waals surface area contributed by atoms with E-state index in [0.29, 0.717) is 17.3 Å². The lowest BCUT2D eigenvalue weighted by atomic mass is 10.3. The molecule has 6 nitrogen and oxygen atoms in total. The van der Waals surface area contributed by atoms with Gasteiger partial charge in [0, 0.05) is 4.47 Å². The Labute approximate surface area is 136 Å². The van der Waals surface area contributed by atoms with Crippen molar-refractivity contribution < 1.29 is 18.7 Å². The quantitative estimate of drug-likeness (QED) is 0.630. The lowest BCUT2D eigenvalue weighted by molar-refractivity contribution is -0.123. The molecule has 0 unspecified atom stereocenters. The van der Waals surface area contributed by atoms with Crippen molar-refractivity contribution in [3.8, 4) is 11.5 Å². The van der Waals surface area contributed by atoms with Crippen molar-refractivity contribution in [1.82, 2.24) is 5.43 Å². The van der Waals surface area contributed by atoms with E-state index in [9.17, 15) is 4.79 Å². The van der Waals surface area contributed by atoms with Gasteiger partial charge >= 0.3 is 0 Å². The van der Waals surface area contributed by atoms with E-state index >= 15 is 0 Å². The molecule has 0 spiro atoms. The molecular weight excluding hydrogens is 352 g/mol. The number of methoxy groups -OCH3 is 1. The van der Waals surface area contributed by atoms with Crippen LogP contribution < -0.4 is 14.9 Å². The minimum Gasteiger partial charge on any atom is -0.493 e. The zero-order valence-electron chi connectivity index (χ0n) is 12.1. The second-order valence-corrected chi connectivity index (χ2v) is 5.24. The smallest absolute Gasteiger partial charge is 0.277 e. The van der Waals surface area contributed by atoms with Crippen molar-refractivity contribution in [2.24, 2.45) is 5.10 Å². The minimum atomic E-state index is -0.385. The van der Waals surface area contributed by atoms with Gasteiger partial charge in [-0.1, -0.05) is 15.9 Å². The Kier molecular flexibility index (Phi) is 5.60. The van der Waals surface area contributed by atoms with Gasteiger partial charge in [-0.25, -0.2) is 5.43 Å². The number of nitrogens with zero attached hydrogens (tertiary/aromatic N) is 1. The van der Waals surface area contributed by atoms with Crippen LogP contribution in [0.1, 0.15) is 11.5 Å². The molecule has 0 bridgehead atoms. The fourth-order valence-electron chi connectivity index (χ4n) is 1.63. The van der Waals surface area contributed by atoms with Crippen molar-refractivity contribution >= 4 is 28.1 Å². The molecule has 0 aliphatic carbocycles. The van der Waals surface area contributed by atoms with Crippen LogP contribution in [0.5, 0.6) is 11.5 Å². The summed E-state index contributed by atoms with van der Waals surface area (Å²) in [6, 6.07) is 8.84. The Morgan fingerprint density at radius 2 is 2.18 bits per heavy atom. The molecule has 0 radical (unpaired) electrons. The van der Waals surface area contributed by atoms with Gasteiger partial charge in [-0.05, 0) is 37.3 Å². The number of rotatable bonds is 6. The number of ether oxygens (including phenoxy) is 2. The predicted octanol–water partition coefficient (Wildman–Crippen LogP) is 2.89. The van der Waals surface area contributed by atoms with Crippen LogP contribution >= 0.6 is 15.9 Å². The lowest BCUT2D eigenvalue weighted by Crippen LogP contribution is -2.24. The highest BCUT2D eigenvalue weighted by atomic mass is 79.9. The topological polar surface area (TPSA) is 73.1 Å². The number of benzene rings is 1. The van der Waals surface area contributed by atoms with Gasteiger partial charge in [0.15, 0.2) is 18.1 Å². The van der Waals surface area contributed by atoms with E-state index in [1.165, 1.54) is 13.3 Å². The maximum Gasteiger partial charge on any atom is 0.277 e. The lowest BCUT2D eigenvalue weighted by Gasteiger charge is -2.09. The van der Waals surface area contributed by atoms with Crippen LogP contribution in [0.2, 0.25) is 0 Å². The number of furan rings is 1. The van der Waals surface area contributed by atoms with Crippen LogP contribution in [0.25, 0.3) is 0 Å². The number of hydrogen-bond acceptors (Lipinski definition) is 5. The SMILES string of the molecule is COc1cc(Br)ccc1OCC(=O)N/N=C/c1ccc(C)o1. The van der Waals surface area contributed by atoms with Crippen molar-refractivity contribution in [3.63, 3.8) is 0 Å². The van der Waals surface area contributed by atoms with Crippen molar-refractivity contribution in [1.29, 1.82) is 0 Å². The van der Waals surface area contributed by atoms with Gasteiger partial charge in [0.1, 0.15) is 11.5 Å². The van der Waals surface area contributed by atoms with Crippen LogP contribution in [0.15, 0.2) is 44.3 Å². The Hall–Kier alpha value is -2.28. The summed E-state index contributed by atoms with van der Waals surface area (Å²) >= 11 is 3.33. The summed E-state index contributed by atoms with van der Waals surface area (Å²) in [5, 5.41) is 3.79. The standard InChI is InChI=1S/C15H15BrN2O4/c1-10-3-5-12(22-10)8-17-18-15(19)9-21-13-6-4-11(16)7-14(13)20-2/h3-8H,9H2,1-2H3,(H,18,19)/b17-8+. The highest BCUT2D eigenvalue weighted by molar-refractivity contribution is 9.10. The molecule has 1 amide bonds. The number of aryl methyl sites for hydroxylation is 1. The van der Waals surface area contributed by atoms with E-state index in [1.54, 1.807) is 24.3 Å². The van der Waals surface area contributed by atoms with Crippen LogP contribution in [-0.2, 0) is 4.79 Å². The second kappa shape index (κ2) is 7.65. The Bertz CT molecular complexity index is 682. The summed E-state index contributed by atoms with van der Waals surface area (Å²) in [4.78, 5) is 11.6. The van der Waals surface area contributed by atoms with Gasteiger partial charge in [0.25, 0.3) is 5.91 Å². The van der Waals surface area contributed by atoms with E-state index in [1.807, 2.05) is 13.0 Å². The number of nitrogens with one attached hydrogen (secondary N) is 1. The molecule has 0 fully saturated rings. The van der Waals surface area contributed by atoms with E-state index in [-0.39, 0.29) is 12.5 Å². The Morgan fingerprint density at radius 1 is 1.36 bits per heavy atom. The van der Waals surface area contributed by atoms with Crippen LogP contribution in [0.3, 0.4) is 0 Å². The molecule has 0 aliphatic heterocycles. The molecule has 1 aromatic carbocycles. The summed E-state index contributed by atoms with van der Waals surface area (Å²) in [6.45, 7) is 1.65. The average molecular weight is 367 g/mol. The molecule has 0 saturated heterocycles. The predicted molar refractivity (Wildman–Crippen MR) is 85.4 cm³/mol. The number of amides is 1. The monoisotopic (exact) mass is 366 g/mol. The van der Waals surface area contributed by atoms with Gasteiger partial charge < -0.3 is 13.9 Å². The first-order valence-corrected chi connectivity index (χ1v) is 7.22. The first kappa shape index (κ1) is 16.1. The maximum absolute atomic E-state index is 11.6. The first-order valence-electron chi connectivity index (χ1n) is 6.43. The summed E-state index contributed by atoms with van der Waals surface area (Å²) < 4.78 is 16.7. The third-order valence-corrected chi connectivity index (χ3v) is 3.12. The van der Waals surface area contributed by atoms with Crippen LogP contribution in [0, 0.1) is 6.92 Å². The zero-order chi connectivity index (χ0) is 15.9. The van der Waals surface area contributed by atoms with E-state index < -0.39 is 0 Å². The number of hydrazone groups is 1. The molecule has 22 heavy (non-hydrogen) atoms. The number of carbonyl (C=O) groups excluding carboxylic acids is 1.